The minimum absolute atomic E-state index is 0.173. The molecule has 10 heteroatoms. The van der Waals surface area contributed by atoms with Gasteiger partial charge in [-0.15, -0.1) is 0 Å². The molecule has 36 heavy (non-hydrogen) atoms. The predicted octanol–water partition coefficient (Wildman–Crippen LogP) is 3.33. The normalized spacial score (nSPS) is 16.6. The lowest BCUT2D eigenvalue weighted by molar-refractivity contribution is -0.121. The van der Waals surface area contributed by atoms with E-state index in [9.17, 15) is 14.4 Å². The van der Waals surface area contributed by atoms with Crippen LogP contribution in [0.1, 0.15) is 29.6 Å². The summed E-state index contributed by atoms with van der Waals surface area (Å²) in [7, 11) is 1.62. The summed E-state index contributed by atoms with van der Waals surface area (Å²) in [5, 5.41) is 0.624. The van der Waals surface area contributed by atoms with E-state index in [0.717, 1.165) is 55.2 Å². The van der Waals surface area contributed by atoms with Gasteiger partial charge in [-0.05, 0) is 48.9 Å². The predicted molar refractivity (Wildman–Crippen MR) is 138 cm³/mol. The first-order valence-corrected chi connectivity index (χ1v) is 12.9. The molecular weight excluding hydrogens is 480 g/mol. The zero-order chi connectivity index (χ0) is 25.1. The monoisotopic (exact) mass is 508 g/mol. The number of nitrogens with zero attached hydrogens (tertiary/aromatic N) is 4. The maximum atomic E-state index is 13.7. The van der Waals surface area contributed by atoms with Crippen molar-refractivity contribution in [2.45, 2.75) is 19.3 Å². The van der Waals surface area contributed by atoms with Gasteiger partial charge in [0, 0.05) is 44.6 Å². The number of fused-ring (bicyclic) bond motifs is 1. The van der Waals surface area contributed by atoms with E-state index in [1.807, 2.05) is 18.2 Å². The van der Waals surface area contributed by atoms with E-state index in [4.69, 9.17) is 14.5 Å². The Kier molecular flexibility index (Phi) is 7.26. The van der Waals surface area contributed by atoms with E-state index in [2.05, 4.69) is 4.90 Å². The zero-order valence-corrected chi connectivity index (χ0v) is 21.0. The van der Waals surface area contributed by atoms with Gasteiger partial charge in [-0.2, -0.15) is 0 Å². The molecule has 5 rings (SSSR count). The minimum Gasteiger partial charge on any atom is -0.497 e. The first-order chi connectivity index (χ1) is 17.5. The van der Waals surface area contributed by atoms with Crippen molar-refractivity contribution in [1.29, 1.82) is 0 Å². The number of carbonyl (C=O) groups excluding carboxylic acids is 3. The van der Waals surface area contributed by atoms with Gasteiger partial charge < -0.3 is 9.47 Å². The molecule has 1 aromatic heterocycles. The lowest BCUT2D eigenvalue weighted by Crippen LogP contribution is -2.39. The van der Waals surface area contributed by atoms with Crippen LogP contribution in [0.4, 0.5) is 10.8 Å². The molecule has 2 fully saturated rings. The lowest BCUT2D eigenvalue weighted by Gasteiger charge is -2.27. The fourth-order valence-electron chi connectivity index (χ4n) is 4.47. The summed E-state index contributed by atoms with van der Waals surface area (Å²) in [5.74, 6) is 0.139. The fourth-order valence-corrected chi connectivity index (χ4v) is 5.49. The Balaban J connectivity index is 1.38. The molecule has 2 aliphatic rings. The van der Waals surface area contributed by atoms with Gasteiger partial charge in [0.15, 0.2) is 5.13 Å². The number of thiazole rings is 1. The quantitative estimate of drug-likeness (QED) is 0.431. The van der Waals surface area contributed by atoms with Crippen molar-refractivity contribution in [2.24, 2.45) is 0 Å². The van der Waals surface area contributed by atoms with Crippen molar-refractivity contribution < 1.29 is 23.9 Å². The highest BCUT2D eigenvalue weighted by Crippen LogP contribution is 2.32. The topological polar surface area (TPSA) is 92.3 Å². The van der Waals surface area contributed by atoms with Crippen molar-refractivity contribution in [3.63, 3.8) is 0 Å². The molecule has 0 unspecified atom stereocenters. The van der Waals surface area contributed by atoms with Gasteiger partial charge in [-0.3, -0.25) is 29.1 Å². The van der Waals surface area contributed by atoms with Crippen molar-refractivity contribution >= 4 is 50.1 Å². The molecule has 3 amide bonds. The molecule has 0 radical (unpaired) electrons. The van der Waals surface area contributed by atoms with Crippen LogP contribution >= 0.6 is 11.3 Å². The van der Waals surface area contributed by atoms with Crippen LogP contribution in [0.5, 0.6) is 5.75 Å². The summed E-state index contributed by atoms with van der Waals surface area (Å²) >= 11 is 1.45. The standard InChI is InChI=1S/C26H28N4O5S/c1-34-20-7-8-21-22(17-20)36-26(27-21)29(12-2-11-28-13-15-35-16-14-28)25(33)18-3-5-19(6-4-18)30-23(31)9-10-24(30)32/h3-8,17H,2,9-16H2,1H3. The average molecular weight is 509 g/mol. The number of anilines is 2. The Bertz CT molecular complexity index is 1250. The van der Waals surface area contributed by atoms with Crippen LogP contribution in [-0.2, 0) is 14.3 Å². The van der Waals surface area contributed by atoms with E-state index < -0.39 is 0 Å². The number of rotatable bonds is 8. The number of methoxy groups -OCH3 is 1. The molecule has 2 aliphatic heterocycles. The second kappa shape index (κ2) is 10.7. The third-order valence-electron chi connectivity index (χ3n) is 6.44. The van der Waals surface area contributed by atoms with E-state index >= 15 is 0 Å². The highest BCUT2D eigenvalue weighted by Gasteiger charge is 2.30. The van der Waals surface area contributed by atoms with Crippen molar-refractivity contribution in [2.75, 3.05) is 56.3 Å². The van der Waals surface area contributed by atoms with E-state index in [-0.39, 0.29) is 30.6 Å². The number of ether oxygens (including phenoxy) is 2. The van der Waals surface area contributed by atoms with E-state index in [0.29, 0.717) is 22.9 Å². The zero-order valence-electron chi connectivity index (χ0n) is 20.1. The molecule has 0 N–H and O–H groups in total. The molecule has 0 bridgehead atoms. The smallest absolute Gasteiger partial charge is 0.260 e. The number of hydrogen-bond acceptors (Lipinski definition) is 8. The van der Waals surface area contributed by atoms with Crippen LogP contribution in [0.25, 0.3) is 10.2 Å². The number of carbonyl (C=O) groups is 3. The number of hydrogen-bond donors (Lipinski definition) is 0. The van der Waals surface area contributed by atoms with Gasteiger partial charge >= 0.3 is 0 Å². The third kappa shape index (κ3) is 5.11. The van der Waals surface area contributed by atoms with Crippen molar-refractivity contribution in [3.8, 4) is 5.75 Å². The number of amides is 3. The largest absolute Gasteiger partial charge is 0.497 e. The number of aromatic nitrogens is 1. The summed E-state index contributed by atoms with van der Waals surface area (Å²) < 4.78 is 11.7. The third-order valence-corrected chi connectivity index (χ3v) is 7.49. The fraction of sp³-hybridized carbons (Fsp3) is 0.385. The van der Waals surface area contributed by atoms with Crippen LogP contribution in [0.2, 0.25) is 0 Å². The van der Waals surface area contributed by atoms with E-state index in [1.54, 1.807) is 36.3 Å². The van der Waals surface area contributed by atoms with Gasteiger partial charge in [0.05, 0.1) is 36.2 Å². The Morgan fingerprint density at radius 2 is 1.81 bits per heavy atom. The summed E-state index contributed by atoms with van der Waals surface area (Å²) in [6, 6.07) is 12.3. The molecule has 3 heterocycles. The molecule has 2 saturated heterocycles. The van der Waals surface area contributed by atoms with Crippen LogP contribution < -0.4 is 14.5 Å². The Labute approximate surface area is 213 Å². The van der Waals surface area contributed by atoms with Crippen molar-refractivity contribution in [3.05, 3.63) is 48.0 Å². The maximum Gasteiger partial charge on any atom is 0.260 e. The SMILES string of the molecule is COc1ccc2nc(N(CCCN3CCOCC3)C(=O)c3ccc(N4C(=O)CCC4=O)cc3)sc2c1. The average Bonchev–Trinajstić information content (AvgIpc) is 3.48. The Morgan fingerprint density at radius 3 is 2.50 bits per heavy atom. The summed E-state index contributed by atoms with van der Waals surface area (Å²) in [6.07, 6.45) is 1.23. The molecule has 2 aromatic carbocycles. The van der Waals surface area contributed by atoms with Gasteiger partial charge in [-0.1, -0.05) is 11.3 Å². The summed E-state index contributed by atoms with van der Waals surface area (Å²) in [5.41, 5.74) is 1.77. The van der Waals surface area contributed by atoms with Gasteiger partial charge in [0.25, 0.3) is 5.91 Å². The Hall–Kier alpha value is -3.34. The first-order valence-electron chi connectivity index (χ1n) is 12.1. The van der Waals surface area contributed by atoms with Crippen LogP contribution in [-0.4, -0.2) is 74.1 Å². The van der Waals surface area contributed by atoms with Crippen LogP contribution in [0, 0.1) is 0 Å². The number of morpholine rings is 1. The summed E-state index contributed by atoms with van der Waals surface area (Å²) in [4.78, 5) is 47.8. The van der Waals surface area contributed by atoms with Gasteiger partial charge in [0.1, 0.15) is 5.75 Å². The maximum absolute atomic E-state index is 13.7. The Morgan fingerprint density at radius 1 is 1.08 bits per heavy atom. The van der Waals surface area contributed by atoms with E-state index in [1.165, 1.54) is 16.2 Å². The molecule has 0 saturated carbocycles. The number of benzene rings is 2. The second-order valence-electron chi connectivity index (χ2n) is 8.76. The molecule has 9 nitrogen and oxygen atoms in total. The lowest BCUT2D eigenvalue weighted by atomic mass is 10.1. The number of imide groups is 1. The molecule has 0 atom stereocenters. The first kappa shape index (κ1) is 24.4. The molecule has 188 valence electrons. The van der Waals surface area contributed by atoms with Gasteiger partial charge in [-0.25, -0.2) is 4.98 Å². The minimum atomic E-state index is -0.214. The van der Waals surface area contributed by atoms with Crippen LogP contribution in [0.3, 0.4) is 0 Å². The highest BCUT2D eigenvalue weighted by molar-refractivity contribution is 7.22. The van der Waals surface area contributed by atoms with Crippen molar-refractivity contribution in [1.82, 2.24) is 9.88 Å². The summed E-state index contributed by atoms with van der Waals surface area (Å²) in [6.45, 7) is 4.63. The molecule has 0 aliphatic carbocycles. The molecular formula is C26H28N4O5S. The van der Waals surface area contributed by atoms with Gasteiger partial charge in [0.2, 0.25) is 11.8 Å². The second-order valence-corrected chi connectivity index (χ2v) is 9.77. The molecule has 0 spiro atoms. The molecule has 3 aromatic rings. The van der Waals surface area contributed by atoms with Crippen LogP contribution in [0.15, 0.2) is 42.5 Å². The highest BCUT2D eigenvalue weighted by atomic mass is 32.1.